The summed E-state index contributed by atoms with van der Waals surface area (Å²) < 4.78 is 16.0. The van der Waals surface area contributed by atoms with Crippen molar-refractivity contribution in [3.63, 3.8) is 0 Å². The molecule has 0 bridgehead atoms. The minimum absolute atomic E-state index is 0.211. The van der Waals surface area contributed by atoms with Crippen molar-refractivity contribution in [2.75, 3.05) is 20.0 Å². The number of carbonyl (C=O) groups is 1. The summed E-state index contributed by atoms with van der Waals surface area (Å²) in [6.45, 7) is 0. The average molecular weight is 288 g/mol. The fraction of sp³-hybridized carbons (Fsp3) is 0.133. The van der Waals surface area contributed by atoms with Crippen molar-refractivity contribution < 1.29 is 19.0 Å². The monoisotopic (exact) mass is 288 g/mol. The van der Waals surface area contributed by atoms with Crippen LogP contribution in [0.15, 0.2) is 36.4 Å². The van der Waals surface area contributed by atoms with Crippen LogP contribution in [-0.4, -0.2) is 20.1 Å². The van der Waals surface area contributed by atoms with Crippen molar-refractivity contribution in [1.82, 2.24) is 0 Å². The lowest BCUT2D eigenvalue weighted by atomic mass is 10.1. The van der Waals surface area contributed by atoms with Crippen LogP contribution in [-0.2, 0) is 0 Å². The van der Waals surface area contributed by atoms with E-state index in [1.807, 2.05) is 0 Å². The Morgan fingerprint density at radius 2 is 1.48 bits per heavy atom. The lowest BCUT2D eigenvalue weighted by molar-refractivity contribution is 0.100. The molecule has 6 heteroatoms. The molecule has 0 aromatic heterocycles. The van der Waals surface area contributed by atoms with Crippen LogP contribution in [0.4, 0.5) is 5.69 Å². The van der Waals surface area contributed by atoms with E-state index in [0.29, 0.717) is 28.7 Å². The highest BCUT2D eigenvalue weighted by atomic mass is 16.5. The standard InChI is InChI=1S/C15H16N2O4/c1-19-10-5-11(20-2)7-12(6-10)21-9-3-4-14(16)13(8-9)15(17)18/h3-8H,16H2,1-2H3,(H2,17,18). The number of methoxy groups -OCH3 is 2. The molecule has 0 saturated heterocycles. The third kappa shape index (κ3) is 3.36. The number of nitrogen functional groups attached to an aromatic ring is 1. The lowest BCUT2D eigenvalue weighted by Gasteiger charge is -2.11. The van der Waals surface area contributed by atoms with Crippen LogP contribution in [0.5, 0.6) is 23.0 Å². The van der Waals surface area contributed by atoms with Gasteiger partial charge in [0.25, 0.3) is 5.91 Å². The molecule has 0 unspecified atom stereocenters. The first kappa shape index (κ1) is 14.5. The highest BCUT2D eigenvalue weighted by Crippen LogP contribution is 2.31. The van der Waals surface area contributed by atoms with Crippen LogP contribution in [0.1, 0.15) is 10.4 Å². The number of hydrogen-bond donors (Lipinski definition) is 2. The molecule has 0 aliphatic carbocycles. The van der Waals surface area contributed by atoms with Crippen molar-refractivity contribution >= 4 is 11.6 Å². The van der Waals surface area contributed by atoms with Crippen LogP contribution in [0, 0.1) is 0 Å². The second-order valence-corrected chi connectivity index (χ2v) is 4.26. The summed E-state index contributed by atoms with van der Waals surface area (Å²) in [4.78, 5) is 11.3. The molecule has 0 saturated carbocycles. The third-order valence-electron chi connectivity index (χ3n) is 2.85. The first-order valence-corrected chi connectivity index (χ1v) is 6.13. The van der Waals surface area contributed by atoms with E-state index in [1.165, 1.54) is 6.07 Å². The molecule has 0 atom stereocenters. The van der Waals surface area contributed by atoms with Gasteiger partial charge in [-0.05, 0) is 18.2 Å². The molecule has 0 fully saturated rings. The molecule has 0 radical (unpaired) electrons. The Balaban J connectivity index is 2.33. The summed E-state index contributed by atoms with van der Waals surface area (Å²) in [6.07, 6.45) is 0. The zero-order valence-electron chi connectivity index (χ0n) is 11.8. The smallest absolute Gasteiger partial charge is 0.250 e. The van der Waals surface area contributed by atoms with E-state index in [2.05, 4.69) is 0 Å². The summed E-state index contributed by atoms with van der Waals surface area (Å²) in [5.41, 5.74) is 11.4. The maximum Gasteiger partial charge on any atom is 0.250 e. The molecule has 4 N–H and O–H groups in total. The van der Waals surface area contributed by atoms with E-state index < -0.39 is 5.91 Å². The molecule has 0 heterocycles. The van der Waals surface area contributed by atoms with Gasteiger partial charge in [0.05, 0.1) is 19.8 Å². The molecule has 110 valence electrons. The Hall–Kier alpha value is -2.89. The first-order chi connectivity index (χ1) is 10.0. The Labute approximate surface area is 122 Å². The predicted octanol–water partition coefficient (Wildman–Crippen LogP) is 2.18. The average Bonchev–Trinajstić information content (AvgIpc) is 2.48. The zero-order valence-corrected chi connectivity index (χ0v) is 11.8. The molecule has 2 rings (SSSR count). The highest BCUT2D eigenvalue weighted by molar-refractivity contribution is 5.98. The van der Waals surface area contributed by atoms with Gasteiger partial charge in [0.15, 0.2) is 0 Å². The van der Waals surface area contributed by atoms with Gasteiger partial charge in [-0.2, -0.15) is 0 Å². The minimum atomic E-state index is -0.610. The Morgan fingerprint density at radius 1 is 0.905 bits per heavy atom. The second-order valence-electron chi connectivity index (χ2n) is 4.26. The fourth-order valence-corrected chi connectivity index (χ4v) is 1.79. The molecule has 0 aliphatic heterocycles. The summed E-state index contributed by atoms with van der Waals surface area (Å²) in [5, 5.41) is 0. The van der Waals surface area contributed by atoms with Crippen molar-refractivity contribution in [3.05, 3.63) is 42.0 Å². The summed E-state index contributed by atoms with van der Waals surface area (Å²) >= 11 is 0. The van der Waals surface area contributed by atoms with Crippen molar-refractivity contribution in [1.29, 1.82) is 0 Å². The van der Waals surface area contributed by atoms with Gasteiger partial charge >= 0.3 is 0 Å². The highest BCUT2D eigenvalue weighted by Gasteiger charge is 2.09. The summed E-state index contributed by atoms with van der Waals surface area (Å²) in [5.74, 6) is 1.52. The summed E-state index contributed by atoms with van der Waals surface area (Å²) in [6, 6.07) is 9.82. The minimum Gasteiger partial charge on any atom is -0.496 e. The van der Waals surface area contributed by atoms with E-state index in [0.717, 1.165) is 0 Å². The van der Waals surface area contributed by atoms with Crippen molar-refractivity contribution in [2.45, 2.75) is 0 Å². The number of benzene rings is 2. The zero-order chi connectivity index (χ0) is 15.4. The van der Waals surface area contributed by atoms with Gasteiger partial charge in [-0.1, -0.05) is 0 Å². The van der Waals surface area contributed by atoms with E-state index >= 15 is 0 Å². The Morgan fingerprint density at radius 3 is 2.00 bits per heavy atom. The van der Waals surface area contributed by atoms with Crippen LogP contribution in [0.3, 0.4) is 0 Å². The van der Waals surface area contributed by atoms with Crippen LogP contribution in [0.25, 0.3) is 0 Å². The number of nitrogens with two attached hydrogens (primary N) is 2. The van der Waals surface area contributed by atoms with Gasteiger partial charge in [0, 0.05) is 23.9 Å². The topological polar surface area (TPSA) is 96.8 Å². The number of hydrogen-bond acceptors (Lipinski definition) is 5. The third-order valence-corrected chi connectivity index (χ3v) is 2.85. The number of rotatable bonds is 5. The molecule has 1 amide bonds. The second kappa shape index (κ2) is 6.04. The van der Waals surface area contributed by atoms with E-state index in [-0.39, 0.29) is 5.56 Å². The fourth-order valence-electron chi connectivity index (χ4n) is 1.79. The van der Waals surface area contributed by atoms with Crippen LogP contribution < -0.4 is 25.7 Å². The lowest BCUT2D eigenvalue weighted by Crippen LogP contribution is -2.13. The molecular weight excluding hydrogens is 272 g/mol. The summed E-state index contributed by atoms with van der Waals surface area (Å²) in [7, 11) is 3.10. The maximum absolute atomic E-state index is 11.3. The maximum atomic E-state index is 11.3. The molecule has 2 aromatic rings. The van der Waals surface area contributed by atoms with Gasteiger partial charge < -0.3 is 25.7 Å². The first-order valence-electron chi connectivity index (χ1n) is 6.13. The van der Waals surface area contributed by atoms with Gasteiger partial charge in [-0.15, -0.1) is 0 Å². The van der Waals surface area contributed by atoms with Crippen molar-refractivity contribution in [3.8, 4) is 23.0 Å². The predicted molar refractivity (Wildman–Crippen MR) is 79.0 cm³/mol. The normalized spacial score (nSPS) is 10.0. The van der Waals surface area contributed by atoms with Gasteiger partial charge in [0.1, 0.15) is 23.0 Å². The van der Waals surface area contributed by atoms with E-state index in [9.17, 15) is 4.79 Å². The molecule has 0 spiro atoms. The molecular formula is C15H16N2O4. The molecule has 0 aliphatic rings. The SMILES string of the molecule is COc1cc(OC)cc(Oc2ccc(N)c(C(N)=O)c2)c1. The largest absolute Gasteiger partial charge is 0.496 e. The van der Waals surface area contributed by atoms with Gasteiger partial charge in [0.2, 0.25) is 0 Å². The molecule has 21 heavy (non-hydrogen) atoms. The number of ether oxygens (including phenoxy) is 3. The van der Waals surface area contributed by atoms with Crippen LogP contribution in [0.2, 0.25) is 0 Å². The quantitative estimate of drug-likeness (QED) is 0.822. The van der Waals surface area contributed by atoms with Gasteiger partial charge in [-0.25, -0.2) is 0 Å². The van der Waals surface area contributed by atoms with E-state index in [4.69, 9.17) is 25.7 Å². The number of amides is 1. The number of primary amides is 1. The van der Waals surface area contributed by atoms with Gasteiger partial charge in [-0.3, -0.25) is 4.79 Å². The number of anilines is 1. The molecule has 6 nitrogen and oxygen atoms in total. The Kier molecular flexibility index (Phi) is 4.18. The van der Waals surface area contributed by atoms with E-state index in [1.54, 1.807) is 44.6 Å². The molecule has 2 aromatic carbocycles. The van der Waals surface area contributed by atoms with Crippen molar-refractivity contribution in [2.24, 2.45) is 5.73 Å². The van der Waals surface area contributed by atoms with Crippen LogP contribution >= 0.6 is 0 Å². The Bertz CT molecular complexity index is 648. The number of carbonyl (C=O) groups excluding carboxylic acids is 1.